The number of piperazine rings is 1. The Morgan fingerprint density at radius 3 is 2.25 bits per heavy atom. The summed E-state index contributed by atoms with van der Waals surface area (Å²) in [5.41, 5.74) is 2.51. The smallest absolute Gasteiger partial charge is 0.406 e. The number of nitrogens with zero attached hydrogens (tertiary/aromatic N) is 4. The number of carbonyl (C=O) groups is 3. The van der Waals surface area contributed by atoms with Gasteiger partial charge in [-0.05, 0) is 51.9 Å². The largest absolute Gasteiger partial charge is 0.597 e. The first-order valence-electron chi connectivity index (χ1n) is 14.0. The summed E-state index contributed by atoms with van der Waals surface area (Å²) in [4.78, 5) is 38.7. The molecule has 10 heteroatoms. The van der Waals surface area contributed by atoms with E-state index in [9.17, 15) is 14.9 Å². The van der Waals surface area contributed by atoms with Crippen LogP contribution in [0.2, 0.25) is 0 Å². The van der Waals surface area contributed by atoms with E-state index < -0.39 is 23.8 Å². The van der Waals surface area contributed by atoms with Crippen LogP contribution in [0.3, 0.4) is 0 Å². The number of rotatable bonds is 5. The average molecular weight is 559 g/mol. The summed E-state index contributed by atoms with van der Waals surface area (Å²) in [6, 6.07) is 9.21. The normalized spacial score (nSPS) is 20.4. The number of nitrogens with one attached hydrogen (secondary N) is 1. The van der Waals surface area contributed by atoms with E-state index >= 15 is 0 Å². The number of hydrogen-bond acceptors (Lipinski definition) is 8. The molecule has 2 heterocycles. The third-order valence-electron chi connectivity index (χ3n) is 6.94. The van der Waals surface area contributed by atoms with Crippen molar-refractivity contribution in [2.75, 3.05) is 45.2 Å². The van der Waals surface area contributed by atoms with Gasteiger partial charge in [-0.2, -0.15) is 10.1 Å². The van der Waals surface area contributed by atoms with Gasteiger partial charge >= 0.3 is 6.09 Å². The lowest BCUT2D eigenvalue weighted by Crippen LogP contribution is -2.51. The highest BCUT2D eigenvalue weighted by molar-refractivity contribution is 5.93. The number of benzene rings is 1. The lowest BCUT2D eigenvalue weighted by molar-refractivity contribution is -0.481. The van der Waals surface area contributed by atoms with Crippen LogP contribution in [0.25, 0.3) is 0 Å². The standard InChI is InChI=1S/C26H35N5O3.C2H6.CH4O.CH2O/c1-26(2,3)34-25(33)31-22-10-7-19(16-22)23(31)24(32)28-20(17-27)15-18-5-8-21(9-6-18)30-13-11-29(4)12-14-30;3*1-2/h5-6,8-9,19-20,23H,7,10-16H2,1-4H3;1-2H3;2H,1H3;1H2/p+1/t19-,20?,23-;;;/m0.../s1. The number of fused-ring (bicyclic) bond motifs is 2. The Labute approximate surface area is 239 Å². The molecule has 1 aromatic carbocycles. The topological polar surface area (TPSA) is 126 Å². The minimum atomic E-state index is -0.661. The van der Waals surface area contributed by atoms with E-state index in [1.807, 2.05) is 53.5 Å². The molecule has 1 aliphatic carbocycles. The molecular weight excluding hydrogens is 510 g/mol. The van der Waals surface area contributed by atoms with E-state index in [4.69, 9.17) is 14.6 Å². The maximum atomic E-state index is 13.2. The highest BCUT2D eigenvalue weighted by Gasteiger charge is 2.55. The van der Waals surface area contributed by atoms with Crippen molar-refractivity contribution in [2.45, 2.75) is 78.0 Å². The zero-order valence-electron chi connectivity index (χ0n) is 25.3. The summed E-state index contributed by atoms with van der Waals surface area (Å²) in [6.07, 6.45) is 2.39. The Morgan fingerprint density at radius 2 is 1.73 bits per heavy atom. The molecule has 1 aromatic rings. The van der Waals surface area contributed by atoms with E-state index in [2.05, 4.69) is 40.4 Å². The molecular formula is C30H48N5O5+. The quantitative estimate of drug-likeness (QED) is 0.529. The number of nitriles is 1. The number of aliphatic hydroxyl groups is 1. The van der Waals surface area contributed by atoms with Gasteiger partial charge in [-0.25, -0.2) is 0 Å². The van der Waals surface area contributed by atoms with Gasteiger partial charge in [0, 0.05) is 64.2 Å². The molecule has 10 nitrogen and oxygen atoms in total. The summed E-state index contributed by atoms with van der Waals surface area (Å²) in [5, 5.41) is 19.6. The van der Waals surface area contributed by atoms with Crippen LogP contribution in [0, 0.1) is 17.2 Å². The molecule has 2 fully saturated rings. The van der Waals surface area contributed by atoms with Crippen LogP contribution >= 0.6 is 0 Å². The van der Waals surface area contributed by atoms with E-state index in [1.54, 1.807) is 0 Å². The number of likely N-dealkylation sites (N-methyl/N-ethyl adjacent to an activating group) is 1. The fourth-order valence-electron chi connectivity index (χ4n) is 5.17. The number of amides is 2. The van der Waals surface area contributed by atoms with Crippen LogP contribution < -0.4 is 10.2 Å². The van der Waals surface area contributed by atoms with Crippen molar-refractivity contribution in [3.05, 3.63) is 29.8 Å². The Bertz CT molecular complexity index is 1020. The molecule has 0 radical (unpaired) electrons. The molecule has 2 N–H and O–H groups in total. The Balaban J connectivity index is 0.00000125. The Kier molecular flexibility index (Phi) is 14.5. The van der Waals surface area contributed by atoms with Crippen LogP contribution in [0.15, 0.2) is 24.3 Å². The Morgan fingerprint density at radius 1 is 1.15 bits per heavy atom. The molecule has 4 rings (SSSR count). The van der Waals surface area contributed by atoms with E-state index in [-0.39, 0.29) is 11.8 Å². The van der Waals surface area contributed by atoms with Crippen molar-refractivity contribution < 1.29 is 28.8 Å². The van der Waals surface area contributed by atoms with Gasteiger partial charge in [-0.15, -0.1) is 4.58 Å². The molecule has 1 unspecified atom stereocenters. The molecule has 1 saturated carbocycles. The van der Waals surface area contributed by atoms with Crippen molar-refractivity contribution in [1.29, 1.82) is 5.26 Å². The number of aliphatic hydroxyl groups excluding tert-OH is 1. The molecule has 0 spiro atoms. The SMILES string of the molecule is C=O.CC.CN1CCN(c2ccc(CC(C#N)NC(=O)[C@@H]3[C@H]4CCC(=[N+]3C(=O)OC(C)(C)C)C4)cc2)CC1.CO. The molecule has 3 aliphatic rings. The van der Waals surface area contributed by atoms with E-state index in [0.29, 0.717) is 6.42 Å². The molecule has 1 saturated heterocycles. The van der Waals surface area contributed by atoms with Crippen molar-refractivity contribution in [1.82, 2.24) is 10.2 Å². The average Bonchev–Trinajstić information content (AvgIpc) is 3.58. The van der Waals surface area contributed by atoms with Crippen LogP contribution in [0.1, 0.15) is 59.4 Å². The summed E-state index contributed by atoms with van der Waals surface area (Å²) in [5.74, 6) is -0.184. The summed E-state index contributed by atoms with van der Waals surface area (Å²) in [6.45, 7) is 15.6. The maximum absolute atomic E-state index is 13.2. The van der Waals surface area contributed by atoms with Gasteiger partial charge in [0.15, 0.2) is 5.71 Å². The van der Waals surface area contributed by atoms with Gasteiger partial charge in [-0.1, -0.05) is 26.0 Å². The Hall–Kier alpha value is -3.29. The minimum Gasteiger partial charge on any atom is -0.406 e. The molecule has 2 bridgehead atoms. The van der Waals surface area contributed by atoms with E-state index in [0.717, 1.165) is 63.8 Å². The second kappa shape index (κ2) is 16.7. The molecule has 222 valence electrons. The monoisotopic (exact) mass is 558 g/mol. The van der Waals surface area contributed by atoms with Crippen molar-refractivity contribution in [3.63, 3.8) is 0 Å². The van der Waals surface area contributed by atoms with Gasteiger partial charge in [0.2, 0.25) is 6.04 Å². The van der Waals surface area contributed by atoms with Crippen molar-refractivity contribution in [3.8, 4) is 6.07 Å². The highest BCUT2D eigenvalue weighted by atomic mass is 16.6. The third-order valence-corrected chi connectivity index (χ3v) is 6.94. The predicted octanol–water partition coefficient (Wildman–Crippen LogP) is 3.01. The maximum Gasteiger partial charge on any atom is 0.597 e. The second-order valence-electron chi connectivity index (χ2n) is 10.7. The zero-order chi connectivity index (χ0) is 30.5. The number of hydrogen-bond donors (Lipinski definition) is 2. The highest BCUT2D eigenvalue weighted by Crippen LogP contribution is 2.35. The van der Waals surface area contributed by atoms with Gasteiger partial charge < -0.3 is 29.8 Å². The first-order chi connectivity index (χ1) is 19.1. The number of ether oxygens (including phenoxy) is 1. The van der Waals surface area contributed by atoms with Gasteiger partial charge in [-0.3, -0.25) is 4.79 Å². The van der Waals surface area contributed by atoms with Crippen LogP contribution in [-0.2, 0) is 20.7 Å². The fourth-order valence-corrected chi connectivity index (χ4v) is 5.17. The lowest BCUT2D eigenvalue weighted by atomic mass is 9.97. The molecule has 2 amide bonds. The van der Waals surface area contributed by atoms with E-state index in [1.165, 1.54) is 10.3 Å². The fraction of sp³-hybridized carbons (Fsp3) is 0.633. The predicted molar refractivity (Wildman–Crippen MR) is 157 cm³/mol. The van der Waals surface area contributed by atoms with Gasteiger partial charge in [0.05, 0.1) is 6.07 Å². The number of carbonyl (C=O) groups excluding carboxylic acids is 3. The second-order valence-corrected chi connectivity index (χ2v) is 10.7. The third kappa shape index (κ3) is 9.42. The summed E-state index contributed by atoms with van der Waals surface area (Å²) in [7, 11) is 3.14. The van der Waals surface area contributed by atoms with Crippen molar-refractivity contribution >= 4 is 30.2 Å². The molecule has 2 aliphatic heterocycles. The first kappa shape index (κ1) is 34.7. The molecule has 40 heavy (non-hydrogen) atoms. The van der Waals surface area contributed by atoms with Gasteiger partial charge in [0.1, 0.15) is 18.4 Å². The summed E-state index contributed by atoms with van der Waals surface area (Å²) < 4.78 is 7.10. The molecule has 0 aromatic heterocycles. The zero-order valence-corrected chi connectivity index (χ0v) is 25.3. The minimum absolute atomic E-state index is 0.0877. The van der Waals surface area contributed by atoms with Crippen LogP contribution in [-0.4, -0.2) is 97.1 Å². The number of anilines is 1. The van der Waals surface area contributed by atoms with Crippen molar-refractivity contribution in [2.24, 2.45) is 5.92 Å². The van der Waals surface area contributed by atoms with Crippen LogP contribution in [0.5, 0.6) is 0 Å². The molecule has 3 atom stereocenters. The van der Waals surface area contributed by atoms with Crippen LogP contribution in [0.4, 0.5) is 10.5 Å². The van der Waals surface area contributed by atoms with Gasteiger partial charge in [0.25, 0.3) is 5.91 Å². The first-order valence-corrected chi connectivity index (χ1v) is 14.0. The summed E-state index contributed by atoms with van der Waals surface area (Å²) >= 11 is 0. The lowest BCUT2D eigenvalue weighted by Gasteiger charge is -2.34.